The molecule has 1 aliphatic rings. The fourth-order valence-electron chi connectivity index (χ4n) is 4.80. The van der Waals surface area contributed by atoms with E-state index < -0.39 is 5.82 Å². The van der Waals surface area contributed by atoms with Crippen molar-refractivity contribution in [3.63, 3.8) is 0 Å². The van der Waals surface area contributed by atoms with Crippen LogP contribution < -0.4 is 10.1 Å². The van der Waals surface area contributed by atoms with Crippen LogP contribution in [-0.2, 0) is 4.79 Å². The predicted octanol–water partition coefficient (Wildman–Crippen LogP) is 4.61. The van der Waals surface area contributed by atoms with Gasteiger partial charge in [0.2, 0.25) is 11.9 Å². The number of hydrogen-bond donors (Lipinski definition) is 1. The second kappa shape index (κ2) is 11.7. The highest BCUT2D eigenvalue weighted by molar-refractivity contribution is 5.90. The Balaban J connectivity index is 1.41. The Morgan fingerprint density at radius 2 is 1.88 bits per heavy atom. The van der Waals surface area contributed by atoms with E-state index in [0.29, 0.717) is 59.0 Å². The number of nitrogens with zero attached hydrogens (tertiary/aromatic N) is 9. The summed E-state index contributed by atoms with van der Waals surface area (Å²) in [6.45, 7) is 15.6. The van der Waals surface area contributed by atoms with Gasteiger partial charge in [0.15, 0.2) is 17.3 Å². The Kier molecular flexibility index (Phi) is 7.91. The monoisotopic (exact) mass is 570 g/mol. The van der Waals surface area contributed by atoms with Crippen molar-refractivity contribution >= 4 is 41.4 Å². The normalized spacial score (nSPS) is 17.3. The number of ether oxygens (including phenoxy) is 1. The van der Waals surface area contributed by atoms with Gasteiger partial charge < -0.3 is 19.9 Å². The maximum Gasteiger partial charge on any atom is 0.246 e. The number of guanidine groups is 1. The van der Waals surface area contributed by atoms with Crippen molar-refractivity contribution in [2.75, 3.05) is 18.4 Å². The van der Waals surface area contributed by atoms with Crippen molar-refractivity contribution in [3.8, 4) is 11.5 Å². The van der Waals surface area contributed by atoms with Crippen LogP contribution in [0.4, 0.5) is 21.6 Å². The summed E-state index contributed by atoms with van der Waals surface area (Å²) >= 11 is 0. The Bertz CT molecular complexity index is 1700. The average Bonchev–Trinajstić information content (AvgIpc) is 3.45. The van der Waals surface area contributed by atoms with Crippen molar-refractivity contribution in [2.24, 2.45) is 9.98 Å². The second-order valence-corrected chi connectivity index (χ2v) is 9.97. The van der Waals surface area contributed by atoms with Gasteiger partial charge in [-0.25, -0.2) is 33.8 Å². The van der Waals surface area contributed by atoms with Gasteiger partial charge in [-0.05, 0) is 58.7 Å². The summed E-state index contributed by atoms with van der Waals surface area (Å²) in [5.41, 5.74) is 2.06. The number of benzene rings is 1. The smallest absolute Gasteiger partial charge is 0.246 e. The molecule has 3 aromatic heterocycles. The molecule has 1 amide bonds. The number of amides is 1. The van der Waals surface area contributed by atoms with Crippen LogP contribution in [-0.4, -0.2) is 78.1 Å². The zero-order valence-corrected chi connectivity index (χ0v) is 23.8. The van der Waals surface area contributed by atoms with Gasteiger partial charge in [0, 0.05) is 43.0 Å². The number of aryl methyl sites for hydroxylation is 1. The number of anilines is 2. The summed E-state index contributed by atoms with van der Waals surface area (Å²) in [5, 5.41) is 7.13. The number of nitrogens with one attached hydrogen (secondary N) is 1. The van der Waals surface area contributed by atoms with E-state index in [-0.39, 0.29) is 23.7 Å². The molecule has 0 unspecified atom stereocenters. The van der Waals surface area contributed by atoms with E-state index in [2.05, 4.69) is 43.7 Å². The van der Waals surface area contributed by atoms with Crippen LogP contribution in [0.1, 0.15) is 25.1 Å². The van der Waals surface area contributed by atoms with Gasteiger partial charge in [-0.1, -0.05) is 6.58 Å². The van der Waals surface area contributed by atoms with Gasteiger partial charge in [0.25, 0.3) is 0 Å². The number of aromatic nitrogens is 5. The van der Waals surface area contributed by atoms with Crippen LogP contribution >= 0.6 is 0 Å². The molecular formula is C29H31FN10O2. The third-order valence-corrected chi connectivity index (χ3v) is 7.13. The number of piperazine rings is 1. The Morgan fingerprint density at radius 3 is 2.64 bits per heavy atom. The Morgan fingerprint density at radius 1 is 1.12 bits per heavy atom. The average molecular weight is 571 g/mol. The number of pyridine rings is 1. The van der Waals surface area contributed by atoms with Crippen LogP contribution in [0.3, 0.4) is 0 Å². The summed E-state index contributed by atoms with van der Waals surface area (Å²) in [6.07, 6.45) is 5.86. The zero-order valence-electron chi connectivity index (χ0n) is 23.8. The fourth-order valence-corrected chi connectivity index (χ4v) is 4.80. The number of hydrogen-bond acceptors (Lipinski definition) is 8. The van der Waals surface area contributed by atoms with Crippen LogP contribution in [0.25, 0.3) is 5.65 Å². The predicted molar refractivity (Wildman–Crippen MR) is 158 cm³/mol. The number of rotatable bonds is 6. The number of carbonyl (C=O) groups is 1. The first-order valence-corrected chi connectivity index (χ1v) is 13.3. The van der Waals surface area contributed by atoms with Gasteiger partial charge in [0.05, 0.1) is 11.4 Å². The number of carbonyl (C=O) groups excluding carboxylic acids is 1. The second-order valence-electron chi connectivity index (χ2n) is 9.97. The molecule has 5 rings (SSSR count). The van der Waals surface area contributed by atoms with Crippen molar-refractivity contribution < 1.29 is 13.9 Å². The molecule has 12 nitrogen and oxygen atoms in total. The largest absolute Gasteiger partial charge is 0.457 e. The van der Waals surface area contributed by atoms with Gasteiger partial charge in [-0.3, -0.25) is 4.79 Å². The van der Waals surface area contributed by atoms with Gasteiger partial charge in [0.1, 0.15) is 29.8 Å². The molecule has 1 fully saturated rings. The molecule has 0 radical (unpaired) electrons. The third-order valence-electron chi connectivity index (χ3n) is 7.13. The third kappa shape index (κ3) is 5.53. The highest BCUT2D eigenvalue weighted by Gasteiger charge is 2.33. The number of aliphatic imine (C=N–C) groups is 2. The molecule has 1 N–H and O–H groups in total. The summed E-state index contributed by atoms with van der Waals surface area (Å²) in [4.78, 5) is 37.8. The van der Waals surface area contributed by atoms with E-state index in [0.717, 1.165) is 0 Å². The molecule has 1 aliphatic heterocycles. The Hall–Kier alpha value is -5.20. The lowest BCUT2D eigenvalue weighted by Gasteiger charge is -2.44. The zero-order chi connectivity index (χ0) is 30.0. The Labute approximate surface area is 242 Å². The standard InChI is InChI=1S/C29H31FN10O2/c1-7-25(41)38-13-18(3)39(14-17(38)2)29(31-6)37-27-20(5)32-15-34-28(27)36-22-8-9-23(19(4)26(22)30)42-21-10-11-40-24(12-21)33-16-35-40/h7-12,15-18H,1,6,13-14H2,2-5H3,(H,32,34,36)/b37-29+/t17-,18-/m1/s1. The molecule has 42 heavy (non-hydrogen) atoms. The van der Waals surface area contributed by atoms with Crippen molar-refractivity contribution in [3.05, 3.63) is 72.8 Å². The molecule has 0 aliphatic carbocycles. The summed E-state index contributed by atoms with van der Waals surface area (Å²) < 4.78 is 23.2. The van der Waals surface area contributed by atoms with Gasteiger partial charge in [-0.2, -0.15) is 5.10 Å². The molecule has 2 atom stereocenters. The molecule has 13 heteroatoms. The highest BCUT2D eigenvalue weighted by Crippen LogP contribution is 2.35. The number of halogens is 1. The first kappa shape index (κ1) is 28.3. The van der Waals surface area contributed by atoms with E-state index in [1.165, 1.54) is 18.7 Å². The first-order valence-electron chi connectivity index (χ1n) is 13.3. The summed E-state index contributed by atoms with van der Waals surface area (Å²) in [5.74, 6) is 0.886. The van der Waals surface area contributed by atoms with Gasteiger partial charge >= 0.3 is 0 Å². The van der Waals surface area contributed by atoms with Crippen LogP contribution in [0.5, 0.6) is 11.5 Å². The SMILES string of the molecule is C=CC(=O)N1C[C@@H](C)N(/C(N=C)=N/c2c(C)ncnc2Nc2ccc(Oc3ccn4ncnc4c3)c(C)c2F)C[C@H]1C. The fraction of sp³-hybridized carbons (Fsp3) is 0.276. The van der Waals surface area contributed by atoms with E-state index in [4.69, 9.17) is 9.73 Å². The lowest BCUT2D eigenvalue weighted by molar-refractivity contribution is -0.130. The quantitative estimate of drug-likeness (QED) is 0.202. The molecule has 4 aromatic rings. The van der Waals surface area contributed by atoms with Crippen molar-refractivity contribution in [2.45, 2.75) is 39.8 Å². The minimum atomic E-state index is -0.505. The van der Waals surface area contributed by atoms with Crippen molar-refractivity contribution in [1.82, 2.24) is 34.4 Å². The molecule has 1 aromatic carbocycles. The first-order chi connectivity index (χ1) is 20.2. The van der Waals surface area contributed by atoms with E-state index >= 15 is 4.39 Å². The maximum atomic E-state index is 15.6. The molecular weight excluding hydrogens is 539 g/mol. The molecule has 0 spiro atoms. The minimum Gasteiger partial charge on any atom is -0.457 e. The minimum absolute atomic E-state index is 0.0891. The van der Waals surface area contributed by atoms with E-state index in [1.54, 1.807) is 53.7 Å². The lowest BCUT2D eigenvalue weighted by atomic mass is 10.1. The molecule has 0 saturated carbocycles. The topological polar surface area (TPSA) is 126 Å². The molecule has 216 valence electrons. The summed E-state index contributed by atoms with van der Waals surface area (Å²) in [6, 6.07) is 6.51. The maximum absolute atomic E-state index is 15.6. The van der Waals surface area contributed by atoms with Gasteiger partial charge in [-0.15, -0.1) is 0 Å². The molecule has 1 saturated heterocycles. The number of fused-ring (bicyclic) bond motifs is 1. The summed E-state index contributed by atoms with van der Waals surface area (Å²) in [7, 11) is 0. The van der Waals surface area contributed by atoms with E-state index in [1.807, 2.05) is 18.7 Å². The van der Waals surface area contributed by atoms with Crippen LogP contribution in [0.2, 0.25) is 0 Å². The van der Waals surface area contributed by atoms with Crippen LogP contribution in [0, 0.1) is 19.7 Å². The molecule has 0 bridgehead atoms. The highest BCUT2D eigenvalue weighted by atomic mass is 19.1. The van der Waals surface area contributed by atoms with E-state index in [9.17, 15) is 4.79 Å². The molecule has 4 heterocycles. The van der Waals surface area contributed by atoms with Crippen LogP contribution in [0.15, 0.2) is 65.8 Å². The van der Waals surface area contributed by atoms with Crippen molar-refractivity contribution in [1.29, 1.82) is 0 Å². The lowest BCUT2D eigenvalue weighted by Crippen LogP contribution is -2.59.